The Hall–Kier alpha value is -1.79. The van der Waals surface area contributed by atoms with Crippen molar-refractivity contribution >= 4 is 17.9 Å². The monoisotopic (exact) mass is 297 g/mol. The first-order chi connectivity index (χ1) is 9.91. The molecule has 7 nitrogen and oxygen atoms in total. The molecule has 2 unspecified atom stereocenters. The fraction of sp³-hybridized carbons (Fsp3) is 0.786. The van der Waals surface area contributed by atoms with Crippen LogP contribution in [0.2, 0.25) is 0 Å². The van der Waals surface area contributed by atoms with Gasteiger partial charge in [0.05, 0.1) is 5.92 Å². The second-order valence-corrected chi connectivity index (χ2v) is 5.89. The summed E-state index contributed by atoms with van der Waals surface area (Å²) in [7, 11) is 1.59. The number of hydrogen-bond donors (Lipinski definition) is 1. The van der Waals surface area contributed by atoms with Crippen LogP contribution in [0.1, 0.15) is 26.2 Å². The quantitative estimate of drug-likeness (QED) is 0.820. The highest BCUT2D eigenvalue weighted by Gasteiger charge is 2.39. The third kappa shape index (κ3) is 3.28. The number of carboxylic acids is 1. The maximum absolute atomic E-state index is 12.4. The molecule has 0 bridgehead atoms. The summed E-state index contributed by atoms with van der Waals surface area (Å²) >= 11 is 0. The van der Waals surface area contributed by atoms with Crippen molar-refractivity contribution in [3.8, 4) is 0 Å². The van der Waals surface area contributed by atoms with Gasteiger partial charge in [0.1, 0.15) is 6.54 Å². The molecule has 2 rings (SSSR count). The minimum atomic E-state index is -0.867. The number of hydrogen-bond acceptors (Lipinski definition) is 3. The number of likely N-dealkylation sites (N-methyl/N-ethyl adjacent to an activating group) is 1. The summed E-state index contributed by atoms with van der Waals surface area (Å²) in [6.45, 7) is 3.77. The van der Waals surface area contributed by atoms with Gasteiger partial charge in [-0.05, 0) is 26.2 Å². The van der Waals surface area contributed by atoms with E-state index in [0.29, 0.717) is 13.0 Å². The van der Waals surface area contributed by atoms with E-state index in [1.807, 2.05) is 0 Å². The van der Waals surface area contributed by atoms with Crippen LogP contribution in [-0.2, 0) is 9.59 Å². The zero-order valence-electron chi connectivity index (χ0n) is 12.6. The lowest BCUT2D eigenvalue weighted by Crippen LogP contribution is -2.48. The fourth-order valence-corrected chi connectivity index (χ4v) is 3.10. The Balaban J connectivity index is 1.90. The lowest BCUT2D eigenvalue weighted by molar-refractivity contribution is -0.142. The number of aliphatic carboxylic acids is 1. The Bertz CT molecular complexity index is 434. The number of carbonyl (C=O) groups is 3. The van der Waals surface area contributed by atoms with Crippen LogP contribution >= 0.6 is 0 Å². The maximum Gasteiger partial charge on any atom is 0.320 e. The van der Waals surface area contributed by atoms with Crippen molar-refractivity contribution in [2.24, 2.45) is 5.92 Å². The Labute approximate surface area is 124 Å². The van der Waals surface area contributed by atoms with Crippen LogP contribution in [0.25, 0.3) is 0 Å². The molecule has 2 aliphatic heterocycles. The SMILES string of the molecule is CC1C(C(=O)O)CCN1C(=O)N(C)CC(=O)N1CCCC1. The Morgan fingerprint density at radius 2 is 1.81 bits per heavy atom. The van der Waals surface area contributed by atoms with Crippen LogP contribution in [0.15, 0.2) is 0 Å². The van der Waals surface area contributed by atoms with Crippen molar-refractivity contribution in [3.63, 3.8) is 0 Å². The molecule has 2 atom stereocenters. The van der Waals surface area contributed by atoms with Crippen LogP contribution in [0, 0.1) is 5.92 Å². The normalized spacial score (nSPS) is 25.2. The fourth-order valence-electron chi connectivity index (χ4n) is 3.10. The topological polar surface area (TPSA) is 81.2 Å². The van der Waals surface area contributed by atoms with Gasteiger partial charge in [-0.3, -0.25) is 9.59 Å². The molecule has 2 heterocycles. The van der Waals surface area contributed by atoms with Crippen LogP contribution in [-0.4, -0.2) is 77.0 Å². The molecule has 0 aromatic heterocycles. The molecule has 21 heavy (non-hydrogen) atoms. The van der Waals surface area contributed by atoms with Crippen molar-refractivity contribution in [1.29, 1.82) is 0 Å². The van der Waals surface area contributed by atoms with Crippen LogP contribution in [0.4, 0.5) is 4.79 Å². The average Bonchev–Trinajstić information content (AvgIpc) is 3.06. The molecule has 0 radical (unpaired) electrons. The summed E-state index contributed by atoms with van der Waals surface area (Å²) in [5.41, 5.74) is 0. The second kappa shape index (κ2) is 6.32. The lowest BCUT2D eigenvalue weighted by atomic mass is 10.0. The molecule has 118 valence electrons. The Morgan fingerprint density at radius 1 is 1.19 bits per heavy atom. The van der Waals surface area contributed by atoms with Crippen molar-refractivity contribution in [2.45, 2.75) is 32.2 Å². The third-order valence-electron chi connectivity index (χ3n) is 4.48. The van der Waals surface area contributed by atoms with E-state index in [1.165, 1.54) is 4.90 Å². The largest absolute Gasteiger partial charge is 0.481 e. The number of urea groups is 1. The molecule has 3 amide bonds. The van der Waals surface area contributed by atoms with Gasteiger partial charge in [-0.2, -0.15) is 0 Å². The van der Waals surface area contributed by atoms with E-state index in [2.05, 4.69) is 0 Å². The first-order valence-corrected chi connectivity index (χ1v) is 7.44. The minimum absolute atomic E-state index is 0.0371. The summed E-state index contributed by atoms with van der Waals surface area (Å²) in [5, 5.41) is 9.10. The molecule has 2 aliphatic rings. The van der Waals surface area contributed by atoms with Crippen molar-refractivity contribution < 1.29 is 19.5 Å². The van der Waals surface area contributed by atoms with Gasteiger partial charge in [-0.1, -0.05) is 0 Å². The molecule has 0 spiro atoms. The molecule has 0 saturated carbocycles. The van der Waals surface area contributed by atoms with E-state index in [-0.39, 0.29) is 24.5 Å². The predicted octanol–water partition coefficient (Wildman–Crippen LogP) is 0.456. The maximum atomic E-state index is 12.4. The minimum Gasteiger partial charge on any atom is -0.481 e. The molecule has 0 aromatic rings. The third-order valence-corrected chi connectivity index (χ3v) is 4.48. The Kier molecular flexibility index (Phi) is 4.69. The van der Waals surface area contributed by atoms with Crippen molar-refractivity contribution in [3.05, 3.63) is 0 Å². The standard InChI is InChI=1S/C14H23N3O4/c1-10-11(13(19)20)5-8-17(10)14(21)15(2)9-12(18)16-6-3-4-7-16/h10-11H,3-9H2,1-2H3,(H,19,20). The molecular formula is C14H23N3O4. The van der Waals surface area contributed by atoms with E-state index < -0.39 is 11.9 Å². The molecule has 7 heteroatoms. The summed E-state index contributed by atoms with van der Waals surface area (Å²) in [6.07, 6.45) is 2.51. The molecule has 1 N–H and O–H groups in total. The lowest BCUT2D eigenvalue weighted by Gasteiger charge is -2.29. The van der Waals surface area contributed by atoms with Crippen molar-refractivity contribution in [2.75, 3.05) is 33.2 Å². The van der Waals surface area contributed by atoms with Gasteiger partial charge in [0.25, 0.3) is 0 Å². The number of nitrogens with zero attached hydrogens (tertiary/aromatic N) is 3. The van der Waals surface area contributed by atoms with Gasteiger partial charge >= 0.3 is 12.0 Å². The number of carbonyl (C=O) groups excluding carboxylic acids is 2. The molecular weight excluding hydrogens is 274 g/mol. The summed E-state index contributed by atoms with van der Waals surface area (Å²) in [6, 6.07) is -0.599. The highest BCUT2D eigenvalue weighted by molar-refractivity contribution is 5.85. The van der Waals surface area contributed by atoms with Gasteiger partial charge in [-0.25, -0.2) is 4.79 Å². The first-order valence-electron chi connectivity index (χ1n) is 7.44. The highest BCUT2D eigenvalue weighted by atomic mass is 16.4. The van der Waals surface area contributed by atoms with Gasteiger partial charge in [-0.15, -0.1) is 0 Å². The van der Waals surface area contributed by atoms with Crippen LogP contribution in [0.5, 0.6) is 0 Å². The van der Waals surface area contributed by atoms with Gasteiger partial charge in [0.15, 0.2) is 0 Å². The summed E-state index contributed by atoms with van der Waals surface area (Å²) in [4.78, 5) is 40.2. The smallest absolute Gasteiger partial charge is 0.320 e. The molecule has 0 aliphatic carbocycles. The molecule has 0 aromatic carbocycles. The first kappa shape index (κ1) is 15.6. The number of rotatable bonds is 3. The van der Waals surface area contributed by atoms with E-state index in [0.717, 1.165) is 25.9 Å². The van der Waals surface area contributed by atoms with E-state index >= 15 is 0 Å². The van der Waals surface area contributed by atoms with Gasteiger partial charge in [0.2, 0.25) is 5.91 Å². The number of amides is 3. The molecule has 2 fully saturated rings. The van der Waals surface area contributed by atoms with E-state index in [4.69, 9.17) is 5.11 Å². The van der Waals surface area contributed by atoms with Crippen LogP contribution < -0.4 is 0 Å². The van der Waals surface area contributed by atoms with Crippen LogP contribution in [0.3, 0.4) is 0 Å². The van der Waals surface area contributed by atoms with Gasteiger partial charge in [0, 0.05) is 32.7 Å². The molecule has 2 saturated heterocycles. The zero-order valence-corrected chi connectivity index (χ0v) is 12.6. The summed E-state index contributed by atoms with van der Waals surface area (Å²) < 4.78 is 0. The van der Waals surface area contributed by atoms with Gasteiger partial charge < -0.3 is 19.8 Å². The average molecular weight is 297 g/mol. The van der Waals surface area contributed by atoms with E-state index in [9.17, 15) is 14.4 Å². The predicted molar refractivity (Wildman–Crippen MR) is 75.8 cm³/mol. The second-order valence-electron chi connectivity index (χ2n) is 5.89. The highest BCUT2D eigenvalue weighted by Crippen LogP contribution is 2.25. The number of carboxylic acid groups (broad SMARTS) is 1. The summed E-state index contributed by atoms with van der Waals surface area (Å²) in [5.74, 6) is -1.42. The zero-order chi connectivity index (χ0) is 15.6. The van der Waals surface area contributed by atoms with Crippen molar-refractivity contribution in [1.82, 2.24) is 14.7 Å². The van der Waals surface area contributed by atoms with E-state index in [1.54, 1.807) is 23.8 Å². The Morgan fingerprint density at radius 3 is 2.33 bits per heavy atom. The number of likely N-dealkylation sites (tertiary alicyclic amines) is 2.